The fraction of sp³-hybridized carbons (Fsp3) is 0.625. The molecule has 1 aliphatic carbocycles. The molecule has 0 spiro atoms. The van der Waals surface area contributed by atoms with Gasteiger partial charge in [0, 0.05) is 6.61 Å². The molecule has 0 N–H and O–H groups in total. The summed E-state index contributed by atoms with van der Waals surface area (Å²) in [7, 11) is -3.63. The molecular formula is C16H24O4S. The Morgan fingerprint density at radius 2 is 1.71 bits per heavy atom. The summed E-state index contributed by atoms with van der Waals surface area (Å²) < 4.78 is 35.0. The van der Waals surface area contributed by atoms with Crippen LogP contribution < -0.4 is 0 Å². The van der Waals surface area contributed by atoms with Gasteiger partial charge in [-0.2, -0.15) is 8.42 Å². The zero-order valence-corrected chi connectivity index (χ0v) is 13.6. The highest BCUT2D eigenvalue weighted by Crippen LogP contribution is 2.27. The zero-order valence-electron chi connectivity index (χ0n) is 12.7. The van der Waals surface area contributed by atoms with E-state index in [-0.39, 0.29) is 11.5 Å². The van der Waals surface area contributed by atoms with Gasteiger partial charge < -0.3 is 4.74 Å². The molecule has 0 unspecified atom stereocenters. The molecule has 21 heavy (non-hydrogen) atoms. The molecule has 0 bridgehead atoms. The van der Waals surface area contributed by atoms with E-state index in [0.29, 0.717) is 12.0 Å². The van der Waals surface area contributed by atoms with Gasteiger partial charge in [-0.15, -0.1) is 0 Å². The Hall–Kier alpha value is -0.910. The van der Waals surface area contributed by atoms with E-state index in [4.69, 9.17) is 8.92 Å². The van der Waals surface area contributed by atoms with E-state index in [1.807, 2.05) is 13.8 Å². The number of benzene rings is 1. The lowest BCUT2D eigenvalue weighted by atomic mass is 9.88. The molecular weight excluding hydrogens is 288 g/mol. The number of hydrogen-bond acceptors (Lipinski definition) is 4. The molecule has 1 aliphatic rings. The molecule has 1 aromatic carbocycles. The van der Waals surface area contributed by atoms with Crippen LogP contribution in [0.3, 0.4) is 0 Å². The smallest absolute Gasteiger partial charge is 0.296 e. The lowest BCUT2D eigenvalue weighted by Gasteiger charge is -2.27. The minimum atomic E-state index is -3.63. The van der Waals surface area contributed by atoms with Crippen molar-refractivity contribution < 1.29 is 17.3 Å². The first-order valence-corrected chi connectivity index (χ1v) is 9.00. The van der Waals surface area contributed by atoms with Crippen molar-refractivity contribution in [3.8, 4) is 0 Å². The van der Waals surface area contributed by atoms with Gasteiger partial charge in [0.15, 0.2) is 0 Å². The predicted molar refractivity (Wildman–Crippen MR) is 81.7 cm³/mol. The zero-order chi connectivity index (χ0) is 15.3. The van der Waals surface area contributed by atoms with Crippen LogP contribution in [0.25, 0.3) is 0 Å². The Morgan fingerprint density at radius 1 is 1.10 bits per heavy atom. The highest BCUT2D eigenvalue weighted by atomic mass is 32.2. The number of rotatable bonds is 6. The van der Waals surface area contributed by atoms with Crippen molar-refractivity contribution >= 4 is 10.1 Å². The van der Waals surface area contributed by atoms with E-state index in [1.54, 1.807) is 24.3 Å². The third kappa shape index (κ3) is 4.80. The van der Waals surface area contributed by atoms with Gasteiger partial charge in [0.05, 0.1) is 17.6 Å². The average molecular weight is 312 g/mol. The van der Waals surface area contributed by atoms with Crippen LogP contribution in [0.2, 0.25) is 0 Å². The fourth-order valence-electron chi connectivity index (χ4n) is 2.66. The van der Waals surface area contributed by atoms with Gasteiger partial charge >= 0.3 is 0 Å². The van der Waals surface area contributed by atoms with E-state index in [9.17, 15) is 8.42 Å². The molecule has 1 fully saturated rings. The van der Waals surface area contributed by atoms with Gasteiger partial charge in [-0.3, -0.25) is 4.18 Å². The van der Waals surface area contributed by atoms with Crippen molar-refractivity contribution in [3.63, 3.8) is 0 Å². The maximum absolute atomic E-state index is 12.1. The summed E-state index contributed by atoms with van der Waals surface area (Å²) in [5, 5.41) is 0. The van der Waals surface area contributed by atoms with Gasteiger partial charge in [-0.05, 0) is 57.6 Å². The highest BCUT2D eigenvalue weighted by Gasteiger charge is 2.24. The third-order valence-corrected chi connectivity index (χ3v) is 5.26. The minimum Gasteiger partial charge on any atom is -0.379 e. The maximum atomic E-state index is 12.1. The first-order valence-electron chi connectivity index (χ1n) is 7.59. The number of ether oxygens (including phenoxy) is 1. The average Bonchev–Trinajstić information content (AvgIpc) is 2.47. The summed E-state index contributed by atoms with van der Waals surface area (Å²) >= 11 is 0. The van der Waals surface area contributed by atoms with Crippen molar-refractivity contribution in [2.75, 3.05) is 13.2 Å². The molecule has 0 aromatic heterocycles. The molecule has 4 nitrogen and oxygen atoms in total. The Kier molecular flexibility index (Phi) is 5.79. The first kappa shape index (κ1) is 16.5. The fourth-order valence-corrected chi connectivity index (χ4v) is 3.64. The Bertz CT molecular complexity index is 528. The van der Waals surface area contributed by atoms with E-state index in [1.165, 1.54) is 0 Å². The molecule has 0 saturated heterocycles. The minimum absolute atomic E-state index is 0.233. The maximum Gasteiger partial charge on any atom is 0.296 e. The predicted octanol–water partition coefficient (Wildman–Crippen LogP) is 3.30. The summed E-state index contributed by atoms with van der Waals surface area (Å²) in [6.07, 6.45) is 4.25. The van der Waals surface area contributed by atoms with Crippen LogP contribution in [0, 0.1) is 12.8 Å². The van der Waals surface area contributed by atoms with Crippen molar-refractivity contribution in [2.45, 2.75) is 50.5 Å². The molecule has 0 amide bonds. The van der Waals surface area contributed by atoms with Gasteiger partial charge in [0.25, 0.3) is 10.1 Å². The van der Waals surface area contributed by atoms with Crippen LogP contribution in [0.15, 0.2) is 29.2 Å². The van der Waals surface area contributed by atoms with Crippen LogP contribution in [0.4, 0.5) is 0 Å². The van der Waals surface area contributed by atoms with Gasteiger partial charge in [0.2, 0.25) is 0 Å². The summed E-state index contributed by atoms with van der Waals surface area (Å²) in [5.41, 5.74) is 1.03. The quantitative estimate of drug-likeness (QED) is 0.756. The van der Waals surface area contributed by atoms with Crippen LogP contribution in [-0.2, 0) is 19.0 Å². The normalized spacial score (nSPS) is 23.1. The Balaban J connectivity index is 1.84. The largest absolute Gasteiger partial charge is 0.379 e. The molecule has 2 rings (SSSR count). The first-order chi connectivity index (χ1) is 10.0. The van der Waals surface area contributed by atoms with Crippen molar-refractivity contribution in [1.29, 1.82) is 0 Å². The summed E-state index contributed by atoms with van der Waals surface area (Å²) in [4.78, 5) is 0.233. The van der Waals surface area contributed by atoms with E-state index in [0.717, 1.165) is 37.9 Å². The SMILES string of the molecule is CCO[C@H]1CC[C@H](COS(=O)(=O)c2ccc(C)cc2)CC1. The molecule has 5 heteroatoms. The molecule has 0 atom stereocenters. The second kappa shape index (κ2) is 7.38. The van der Waals surface area contributed by atoms with E-state index < -0.39 is 10.1 Å². The topological polar surface area (TPSA) is 52.6 Å². The molecule has 0 radical (unpaired) electrons. The van der Waals surface area contributed by atoms with Gasteiger partial charge in [-0.25, -0.2) is 0 Å². The van der Waals surface area contributed by atoms with E-state index >= 15 is 0 Å². The molecule has 1 saturated carbocycles. The number of hydrogen-bond donors (Lipinski definition) is 0. The molecule has 0 aliphatic heterocycles. The van der Waals surface area contributed by atoms with Gasteiger partial charge in [-0.1, -0.05) is 17.7 Å². The Morgan fingerprint density at radius 3 is 2.29 bits per heavy atom. The van der Waals surface area contributed by atoms with Crippen LogP contribution in [0.1, 0.15) is 38.2 Å². The molecule has 1 aromatic rings. The van der Waals surface area contributed by atoms with E-state index in [2.05, 4.69) is 0 Å². The third-order valence-electron chi connectivity index (χ3n) is 3.96. The second-order valence-electron chi connectivity index (χ2n) is 5.65. The van der Waals surface area contributed by atoms with Gasteiger partial charge in [0.1, 0.15) is 0 Å². The molecule has 118 valence electrons. The van der Waals surface area contributed by atoms with Crippen LogP contribution >= 0.6 is 0 Å². The van der Waals surface area contributed by atoms with Crippen LogP contribution in [0.5, 0.6) is 0 Å². The standard InChI is InChI=1S/C16H24O4S/c1-3-19-15-8-6-14(7-9-15)12-20-21(17,18)16-10-4-13(2)5-11-16/h4-5,10-11,14-15H,3,6-9,12H2,1-2H3/t14-,15-. The molecule has 0 heterocycles. The summed E-state index contributed by atoms with van der Waals surface area (Å²) in [6, 6.07) is 6.75. The lowest BCUT2D eigenvalue weighted by molar-refractivity contribution is 0.0203. The van der Waals surface area contributed by atoms with Crippen molar-refractivity contribution in [1.82, 2.24) is 0 Å². The Labute approximate surface area is 127 Å². The number of aryl methyl sites for hydroxylation is 1. The van der Waals surface area contributed by atoms with Crippen LogP contribution in [-0.4, -0.2) is 27.7 Å². The summed E-state index contributed by atoms with van der Waals surface area (Å²) in [6.45, 7) is 4.94. The van der Waals surface area contributed by atoms with Crippen molar-refractivity contribution in [2.24, 2.45) is 5.92 Å². The monoisotopic (exact) mass is 312 g/mol. The highest BCUT2D eigenvalue weighted by molar-refractivity contribution is 7.86. The summed E-state index contributed by atoms with van der Waals surface area (Å²) in [5.74, 6) is 0.307. The second-order valence-corrected chi connectivity index (χ2v) is 7.27. The lowest BCUT2D eigenvalue weighted by Crippen LogP contribution is -2.25. The van der Waals surface area contributed by atoms with Crippen molar-refractivity contribution in [3.05, 3.63) is 29.8 Å².